The SMILES string of the molecule is NS(=O)(=O)NCC1CCCN(Cc2ccn(C3CCCC3)n2)C1. The van der Waals surface area contributed by atoms with Crippen LogP contribution in [0.4, 0.5) is 0 Å². The van der Waals surface area contributed by atoms with E-state index in [2.05, 4.69) is 26.6 Å². The molecule has 0 amide bonds. The van der Waals surface area contributed by atoms with Gasteiger partial charge >= 0.3 is 0 Å². The van der Waals surface area contributed by atoms with Crippen LogP contribution in [0.3, 0.4) is 0 Å². The van der Waals surface area contributed by atoms with Gasteiger partial charge in [0.05, 0.1) is 11.7 Å². The van der Waals surface area contributed by atoms with Crippen molar-refractivity contribution in [2.75, 3.05) is 19.6 Å². The molecule has 3 N–H and O–H groups in total. The number of aromatic nitrogens is 2. The number of nitrogens with two attached hydrogens (primary N) is 1. The summed E-state index contributed by atoms with van der Waals surface area (Å²) in [6.45, 7) is 3.19. The van der Waals surface area contributed by atoms with Crippen LogP contribution in [0.25, 0.3) is 0 Å². The standard InChI is InChI=1S/C15H27N5O2S/c16-23(21,22)17-10-13-4-3-8-19(11-13)12-14-7-9-20(18-14)15-5-1-2-6-15/h7,9,13,15,17H,1-6,8,10-12H2,(H2,16,21,22). The summed E-state index contributed by atoms with van der Waals surface area (Å²) >= 11 is 0. The van der Waals surface area contributed by atoms with Crippen molar-refractivity contribution >= 4 is 10.2 Å². The monoisotopic (exact) mass is 341 g/mol. The fourth-order valence-corrected chi connectivity index (χ4v) is 4.23. The molecular formula is C15H27N5O2S. The molecule has 2 aliphatic rings. The lowest BCUT2D eigenvalue weighted by Crippen LogP contribution is -2.42. The minimum absolute atomic E-state index is 0.319. The van der Waals surface area contributed by atoms with Crippen molar-refractivity contribution in [1.29, 1.82) is 0 Å². The average Bonchev–Trinajstić information content (AvgIpc) is 3.15. The largest absolute Gasteiger partial charge is 0.297 e. The Kier molecular flexibility index (Phi) is 5.35. The summed E-state index contributed by atoms with van der Waals surface area (Å²) in [5.41, 5.74) is 1.11. The van der Waals surface area contributed by atoms with Gasteiger partial charge in [-0.05, 0) is 44.2 Å². The van der Waals surface area contributed by atoms with Crippen LogP contribution in [0.2, 0.25) is 0 Å². The fourth-order valence-electron chi connectivity index (χ4n) is 3.76. The van der Waals surface area contributed by atoms with Gasteiger partial charge < -0.3 is 0 Å². The quantitative estimate of drug-likeness (QED) is 0.807. The Morgan fingerprint density at radius 3 is 2.78 bits per heavy atom. The van der Waals surface area contributed by atoms with Gasteiger partial charge in [0.25, 0.3) is 10.2 Å². The highest BCUT2D eigenvalue weighted by molar-refractivity contribution is 7.87. The number of nitrogens with zero attached hydrogens (tertiary/aromatic N) is 3. The molecule has 2 fully saturated rings. The molecule has 1 aromatic heterocycles. The second-order valence-corrected chi connectivity index (χ2v) is 8.24. The van der Waals surface area contributed by atoms with Crippen LogP contribution in [-0.4, -0.2) is 42.7 Å². The van der Waals surface area contributed by atoms with E-state index in [1.807, 2.05) is 0 Å². The highest BCUT2D eigenvalue weighted by atomic mass is 32.2. The molecule has 1 saturated heterocycles. The zero-order valence-electron chi connectivity index (χ0n) is 13.5. The number of rotatable bonds is 6. The van der Waals surface area contributed by atoms with Crippen molar-refractivity contribution in [1.82, 2.24) is 19.4 Å². The normalized spacial score (nSPS) is 24.3. The van der Waals surface area contributed by atoms with Crippen LogP contribution in [0.1, 0.15) is 50.3 Å². The molecule has 1 aromatic rings. The molecule has 1 unspecified atom stereocenters. The summed E-state index contributed by atoms with van der Waals surface area (Å²) in [6, 6.07) is 2.70. The number of hydrogen-bond donors (Lipinski definition) is 2. The van der Waals surface area contributed by atoms with Gasteiger partial charge in [-0.2, -0.15) is 13.5 Å². The second kappa shape index (κ2) is 7.29. The Labute approximate surface area is 138 Å². The fraction of sp³-hybridized carbons (Fsp3) is 0.800. The van der Waals surface area contributed by atoms with Crippen LogP contribution in [0, 0.1) is 5.92 Å². The summed E-state index contributed by atoms with van der Waals surface area (Å²) in [4.78, 5) is 2.36. The van der Waals surface area contributed by atoms with Gasteiger partial charge in [0.2, 0.25) is 0 Å². The van der Waals surface area contributed by atoms with Gasteiger partial charge in [0, 0.05) is 25.8 Å². The zero-order chi connectivity index (χ0) is 16.3. The van der Waals surface area contributed by atoms with Gasteiger partial charge in [-0.15, -0.1) is 0 Å². The molecular weight excluding hydrogens is 314 g/mol. The number of hydrogen-bond acceptors (Lipinski definition) is 4. The summed E-state index contributed by atoms with van der Waals surface area (Å²) < 4.78 is 26.6. The van der Waals surface area contributed by atoms with Crippen LogP contribution < -0.4 is 9.86 Å². The van der Waals surface area contributed by atoms with E-state index in [-0.39, 0.29) is 0 Å². The van der Waals surface area contributed by atoms with Gasteiger partial charge in [0.1, 0.15) is 0 Å². The predicted molar refractivity (Wildman–Crippen MR) is 88.8 cm³/mol. The molecule has 0 bridgehead atoms. The Morgan fingerprint density at radius 1 is 1.26 bits per heavy atom. The number of likely N-dealkylation sites (tertiary alicyclic amines) is 1. The van der Waals surface area contributed by atoms with Crippen LogP contribution in [0.5, 0.6) is 0 Å². The first-order valence-corrected chi connectivity index (χ1v) is 10.1. The number of piperidine rings is 1. The highest BCUT2D eigenvalue weighted by Gasteiger charge is 2.22. The Balaban J connectivity index is 1.51. The lowest BCUT2D eigenvalue weighted by molar-refractivity contribution is 0.166. The van der Waals surface area contributed by atoms with E-state index < -0.39 is 10.2 Å². The third-order valence-corrected chi connectivity index (χ3v) is 5.49. The van der Waals surface area contributed by atoms with E-state index in [0.29, 0.717) is 18.5 Å². The van der Waals surface area contributed by atoms with E-state index in [9.17, 15) is 8.42 Å². The maximum Gasteiger partial charge on any atom is 0.274 e. The lowest BCUT2D eigenvalue weighted by Gasteiger charge is -2.32. The van der Waals surface area contributed by atoms with Crippen LogP contribution in [-0.2, 0) is 16.8 Å². The summed E-state index contributed by atoms with van der Waals surface area (Å²) in [6.07, 6.45) is 9.33. The first-order valence-electron chi connectivity index (χ1n) is 8.53. The Morgan fingerprint density at radius 2 is 2.04 bits per heavy atom. The minimum atomic E-state index is -3.59. The van der Waals surface area contributed by atoms with Crippen molar-refractivity contribution in [3.63, 3.8) is 0 Å². The summed E-state index contributed by atoms with van der Waals surface area (Å²) in [5.74, 6) is 0.319. The van der Waals surface area contributed by atoms with Gasteiger partial charge in [-0.25, -0.2) is 9.86 Å². The molecule has 8 heteroatoms. The molecule has 1 saturated carbocycles. The van der Waals surface area contributed by atoms with Gasteiger partial charge in [-0.1, -0.05) is 12.8 Å². The van der Waals surface area contributed by atoms with Crippen molar-refractivity contribution in [3.05, 3.63) is 18.0 Å². The van der Waals surface area contributed by atoms with Crippen molar-refractivity contribution in [2.24, 2.45) is 11.1 Å². The molecule has 2 heterocycles. The smallest absolute Gasteiger partial charge is 0.274 e. The topological polar surface area (TPSA) is 93.2 Å². The first kappa shape index (κ1) is 16.9. The van der Waals surface area contributed by atoms with Crippen LogP contribution >= 0.6 is 0 Å². The molecule has 0 spiro atoms. The third kappa shape index (κ3) is 5.00. The number of nitrogens with one attached hydrogen (secondary N) is 1. The van der Waals surface area contributed by atoms with Crippen molar-refractivity contribution < 1.29 is 8.42 Å². The molecule has 130 valence electrons. The van der Waals surface area contributed by atoms with E-state index in [1.54, 1.807) is 0 Å². The van der Waals surface area contributed by atoms with E-state index in [4.69, 9.17) is 10.2 Å². The zero-order valence-corrected chi connectivity index (χ0v) is 14.3. The van der Waals surface area contributed by atoms with E-state index >= 15 is 0 Å². The van der Waals surface area contributed by atoms with Crippen molar-refractivity contribution in [2.45, 2.75) is 51.1 Å². The minimum Gasteiger partial charge on any atom is -0.297 e. The molecule has 1 aliphatic heterocycles. The van der Waals surface area contributed by atoms with Crippen LogP contribution in [0.15, 0.2) is 12.3 Å². The molecule has 23 heavy (non-hydrogen) atoms. The first-order chi connectivity index (χ1) is 11.0. The molecule has 1 aliphatic carbocycles. The lowest BCUT2D eigenvalue weighted by atomic mass is 9.98. The van der Waals surface area contributed by atoms with Crippen molar-refractivity contribution in [3.8, 4) is 0 Å². The summed E-state index contributed by atoms with van der Waals surface area (Å²) in [7, 11) is -3.59. The average molecular weight is 341 g/mol. The molecule has 3 rings (SSSR count). The molecule has 0 aromatic carbocycles. The molecule has 7 nitrogen and oxygen atoms in total. The maximum atomic E-state index is 11.0. The third-order valence-electron chi connectivity index (χ3n) is 4.92. The Hall–Kier alpha value is -0.960. The van der Waals surface area contributed by atoms with E-state index in [0.717, 1.165) is 38.2 Å². The van der Waals surface area contributed by atoms with Gasteiger partial charge in [0.15, 0.2) is 0 Å². The maximum absolute atomic E-state index is 11.0. The Bertz CT molecular complexity index is 609. The van der Waals surface area contributed by atoms with E-state index in [1.165, 1.54) is 25.7 Å². The highest BCUT2D eigenvalue weighted by Crippen LogP contribution is 2.29. The van der Waals surface area contributed by atoms with Gasteiger partial charge in [-0.3, -0.25) is 9.58 Å². The summed E-state index contributed by atoms with van der Waals surface area (Å²) in [5, 5.41) is 9.75. The second-order valence-electron chi connectivity index (χ2n) is 6.86. The molecule has 1 atom stereocenters. The molecule has 0 radical (unpaired) electrons. The predicted octanol–water partition coefficient (Wildman–Crippen LogP) is 1.00.